The fourth-order valence-electron chi connectivity index (χ4n) is 5.65. The van der Waals surface area contributed by atoms with Crippen molar-refractivity contribution >= 4 is 48.6 Å². The van der Waals surface area contributed by atoms with Gasteiger partial charge in [0.25, 0.3) is 0 Å². The third kappa shape index (κ3) is 3.34. The Kier molecular flexibility index (Phi) is 4.61. The van der Waals surface area contributed by atoms with Crippen molar-refractivity contribution < 1.29 is 16.0 Å². The molecule has 0 aliphatic carbocycles. The van der Waals surface area contributed by atoms with E-state index in [0.29, 0.717) is 45.9 Å². The van der Waals surface area contributed by atoms with Gasteiger partial charge in [0, 0.05) is 0 Å². The van der Waals surface area contributed by atoms with Gasteiger partial charge in [-0.2, -0.15) is 0 Å². The molecular weight excluding hydrogens is 551 g/mol. The van der Waals surface area contributed by atoms with E-state index in [9.17, 15) is 0 Å². The zero-order valence-electron chi connectivity index (χ0n) is 21.2. The van der Waals surface area contributed by atoms with Crippen molar-refractivity contribution in [2.24, 2.45) is 0 Å². The Bertz CT molecular complexity index is 2400. The Morgan fingerprint density at radius 3 is 1.29 bits per heavy atom. The molecule has 192 valence electrons. The molecule has 9 rings (SSSR count). The Morgan fingerprint density at radius 2 is 0.780 bits per heavy atom. The topological polar surface area (TPSA) is 109 Å². The summed E-state index contributed by atoms with van der Waals surface area (Å²) in [7, 11) is 0. The third-order valence-corrected chi connectivity index (χ3v) is 8.02. The average Bonchev–Trinajstić information content (AvgIpc) is 3.73. The Morgan fingerprint density at radius 1 is 0.390 bits per heavy atom. The molecular formula is C32H17MnN8. The van der Waals surface area contributed by atoms with Crippen LogP contribution in [0.5, 0.6) is 0 Å². The van der Waals surface area contributed by atoms with Gasteiger partial charge in [0.05, 0.1) is 0 Å². The number of nitrogens with one attached hydrogen (secondary N) is 2. The van der Waals surface area contributed by atoms with Crippen molar-refractivity contribution in [3.8, 4) is 45.6 Å². The van der Waals surface area contributed by atoms with Gasteiger partial charge < -0.3 is 0 Å². The maximum absolute atomic E-state index is 5.05. The fraction of sp³-hybridized carbons (Fsp3) is 0. The first-order chi connectivity index (χ1) is 20.2. The molecule has 0 fully saturated rings. The minimum absolute atomic E-state index is 0.580. The number of aromatic nitrogens is 8. The molecule has 7 aromatic rings. The molecule has 0 spiro atoms. The Labute approximate surface area is 240 Å². The Hall–Kier alpha value is -5.24. The van der Waals surface area contributed by atoms with Crippen LogP contribution in [0.1, 0.15) is 0 Å². The third-order valence-electron chi connectivity index (χ3n) is 7.53. The van der Waals surface area contributed by atoms with Crippen LogP contribution in [0.2, 0.25) is 0 Å². The van der Waals surface area contributed by atoms with E-state index < -0.39 is 0 Å². The van der Waals surface area contributed by atoms with Gasteiger partial charge in [-0.1, -0.05) is 6.07 Å². The van der Waals surface area contributed by atoms with Gasteiger partial charge in [0.1, 0.15) is 0 Å². The van der Waals surface area contributed by atoms with Crippen LogP contribution in [0.15, 0.2) is 91.0 Å². The number of rotatable bonds is 0. The molecule has 9 heteroatoms. The molecule has 0 saturated heterocycles. The van der Waals surface area contributed by atoms with E-state index in [0.717, 1.165) is 48.3 Å². The molecule has 0 amide bonds. The van der Waals surface area contributed by atoms with Crippen LogP contribution in [0, 0.1) is 0 Å². The van der Waals surface area contributed by atoms with Crippen LogP contribution < -0.4 is 4.46 Å². The van der Waals surface area contributed by atoms with Crippen LogP contribution in [-0.4, -0.2) is 39.9 Å². The summed E-state index contributed by atoms with van der Waals surface area (Å²) in [6, 6.07) is 30.1. The molecule has 2 aliphatic rings. The first kappa shape index (κ1) is 22.6. The van der Waals surface area contributed by atoms with Crippen molar-refractivity contribution in [3.05, 3.63) is 91.0 Å². The van der Waals surface area contributed by atoms with Gasteiger partial charge in [-0.15, -0.1) is 0 Å². The average molecular weight is 568 g/mol. The summed E-state index contributed by atoms with van der Waals surface area (Å²) in [4.78, 5) is 36.9. The molecule has 5 heterocycles. The fourth-order valence-corrected chi connectivity index (χ4v) is 6.06. The van der Waals surface area contributed by atoms with Crippen LogP contribution in [0.4, 0.5) is 0 Å². The van der Waals surface area contributed by atoms with Crippen LogP contribution in [0.3, 0.4) is 0 Å². The number of aromatic amines is 2. The van der Waals surface area contributed by atoms with E-state index in [1.165, 1.54) is 0 Å². The molecule has 0 saturated carbocycles. The van der Waals surface area contributed by atoms with Gasteiger partial charge in [-0.05, 0) is 0 Å². The molecule has 4 aromatic carbocycles. The second-order valence-electron chi connectivity index (χ2n) is 9.91. The predicted molar refractivity (Wildman–Crippen MR) is 156 cm³/mol. The van der Waals surface area contributed by atoms with Crippen molar-refractivity contribution in [1.29, 1.82) is 0 Å². The summed E-state index contributed by atoms with van der Waals surface area (Å²) in [6.45, 7) is 0. The molecule has 0 radical (unpaired) electrons. The second kappa shape index (κ2) is 8.38. The summed E-state index contributed by atoms with van der Waals surface area (Å²) in [6.07, 6.45) is 0. The van der Waals surface area contributed by atoms with E-state index in [1.54, 1.807) is 0 Å². The normalized spacial score (nSPS) is 12.0. The van der Waals surface area contributed by atoms with Crippen LogP contribution in [0.25, 0.3) is 89.7 Å². The van der Waals surface area contributed by atoms with Crippen LogP contribution >= 0.6 is 0 Å². The molecule has 3 aromatic heterocycles. The predicted octanol–water partition coefficient (Wildman–Crippen LogP) is 6.04. The van der Waals surface area contributed by atoms with E-state index in [-0.39, 0.29) is 0 Å². The number of hydrogen-bond acceptors (Lipinski definition) is 6. The van der Waals surface area contributed by atoms with Crippen molar-refractivity contribution in [1.82, 2.24) is 39.9 Å². The van der Waals surface area contributed by atoms with E-state index >= 15 is 0 Å². The van der Waals surface area contributed by atoms with Crippen molar-refractivity contribution in [3.63, 3.8) is 0 Å². The summed E-state index contributed by atoms with van der Waals surface area (Å²) < 4.78 is 0.909. The summed E-state index contributed by atoms with van der Waals surface area (Å²) in [5.74, 6) is 2.34. The van der Waals surface area contributed by atoms with Gasteiger partial charge in [0.2, 0.25) is 0 Å². The van der Waals surface area contributed by atoms with Gasteiger partial charge in [0.15, 0.2) is 0 Å². The number of nitrogens with zero attached hydrogens (tertiary/aromatic N) is 6. The maximum atomic E-state index is 5.05. The van der Waals surface area contributed by atoms with E-state index in [1.807, 2.05) is 91.0 Å². The van der Waals surface area contributed by atoms with Crippen LogP contribution in [-0.2, 0) is 16.0 Å². The Balaban J connectivity index is 1.52. The zero-order valence-corrected chi connectivity index (χ0v) is 22.4. The number of fused-ring (bicyclic) bond motifs is 20. The SMILES string of the molecule is [Mn][c]1cccc2c3nc4nc(nc5[nH]c(nc6nc(nc([nH]3)c12)-c1ccccc1-6)c1ccccc51)-c1ccccc1-4. The van der Waals surface area contributed by atoms with E-state index in [2.05, 4.69) is 26.0 Å². The molecule has 8 bridgehead atoms. The number of benzene rings is 4. The molecule has 2 N–H and O–H groups in total. The summed E-state index contributed by atoms with van der Waals surface area (Å²) in [5.41, 5.74) is 6.34. The summed E-state index contributed by atoms with van der Waals surface area (Å²) in [5, 5.41) is 3.74. The van der Waals surface area contributed by atoms with Gasteiger partial charge >= 0.3 is 235 Å². The van der Waals surface area contributed by atoms with Crippen molar-refractivity contribution in [2.45, 2.75) is 0 Å². The second-order valence-corrected chi connectivity index (χ2v) is 10.5. The zero-order chi connectivity index (χ0) is 27.1. The molecule has 8 nitrogen and oxygen atoms in total. The quantitative estimate of drug-likeness (QED) is 0.216. The molecule has 0 unspecified atom stereocenters. The van der Waals surface area contributed by atoms with E-state index in [4.69, 9.17) is 29.9 Å². The summed E-state index contributed by atoms with van der Waals surface area (Å²) >= 11 is 3.73. The van der Waals surface area contributed by atoms with Gasteiger partial charge in [-0.3, -0.25) is 0 Å². The van der Waals surface area contributed by atoms with Gasteiger partial charge in [-0.25, -0.2) is 0 Å². The number of hydrogen-bond donors (Lipinski definition) is 2. The first-order valence-electron chi connectivity index (χ1n) is 13.1. The first-order valence-corrected chi connectivity index (χ1v) is 13.7. The minimum atomic E-state index is 0.580. The standard InChI is InChI=1S/C32H17N8.Mn/c1-2-10-18-17(9-1)25-33-26(18)38-28-21-13-5-6-14-22(21)30(35-28)40-32-24-16-8-7-15-23(24)31(36-32)39-29-20-12-4-3-11-19(20)27(34-29)37-25;/h1-15H,(H2,33,34,35,36,37,38,39,40);. The monoisotopic (exact) mass is 568 g/mol. The molecule has 0 atom stereocenters. The van der Waals surface area contributed by atoms with Crippen molar-refractivity contribution in [2.75, 3.05) is 0 Å². The number of H-pyrrole nitrogens is 2. The molecule has 41 heavy (non-hydrogen) atoms. The molecule has 2 aliphatic heterocycles.